The molecule has 0 bridgehead atoms. The van der Waals surface area contributed by atoms with Gasteiger partial charge in [0.15, 0.2) is 5.82 Å². The van der Waals surface area contributed by atoms with Crippen LogP contribution in [-0.4, -0.2) is 59.0 Å². The van der Waals surface area contributed by atoms with Gasteiger partial charge in [0.2, 0.25) is 5.88 Å². The van der Waals surface area contributed by atoms with E-state index in [1.54, 1.807) is 25.7 Å². The van der Waals surface area contributed by atoms with Crippen LogP contribution in [-0.2, 0) is 0 Å². The van der Waals surface area contributed by atoms with Gasteiger partial charge in [-0.3, -0.25) is 9.78 Å². The van der Waals surface area contributed by atoms with E-state index in [1.165, 1.54) is 11.3 Å². The van der Waals surface area contributed by atoms with Crippen LogP contribution in [0.25, 0.3) is 10.6 Å². The number of hydrogen-bond acceptors (Lipinski definition) is 7. The molecule has 1 aliphatic heterocycles. The Morgan fingerprint density at radius 1 is 1.14 bits per heavy atom. The molecule has 1 fully saturated rings. The summed E-state index contributed by atoms with van der Waals surface area (Å²) in [4.78, 5) is 30.4. The van der Waals surface area contributed by atoms with E-state index in [4.69, 9.17) is 16.3 Å². The summed E-state index contributed by atoms with van der Waals surface area (Å²) in [6, 6.07) is 7.51. The van der Waals surface area contributed by atoms with Crippen molar-refractivity contribution in [1.82, 2.24) is 19.9 Å². The molecule has 4 rings (SSSR count). The number of methoxy groups -OCH3 is 1. The summed E-state index contributed by atoms with van der Waals surface area (Å²) in [7, 11) is 1.57. The van der Waals surface area contributed by atoms with Crippen molar-refractivity contribution < 1.29 is 9.53 Å². The quantitative estimate of drug-likeness (QED) is 0.651. The minimum atomic E-state index is -0.00724. The van der Waals surface area contributed by atoms with Crippen LogP contribution in [0.5, 0.6) is 5.88 Å². The molecule has 0 unspecified atom stereocenters. The molecule has 144 valence electrons. The molecule has 0 N–H and O–H groups in total. The maximum Gasteiger partial charge on any atom is 0.265 e. The van der Waals surface area contributed by atoms with Crippen molar-refractivity contribution in [3.8, 4) is 16.5 Å². The lowest BCUT2D eigenvalue weighted by Gasteiger charge is -2.35. The predicted octanol–water partition coefficient (Wildman–Crippen LogP) is 3.22. The Kier molecular flexibility index (Phi) is 5.40. The van der Waals surface area contributed by atoms with E-state index in [0.717, 1.165) is 16.4 Å². The van der Waals surface area contributed by atoms with Crippen molar-refractivity contribution >= 4 is 34.7 Å². The summed E-state index contributed by atoms with van der Waals surface area (Å²) >= 11 is 7.60. The van der Waals surface area contributed by atoms with Gasteiger partial charge in [0, 0.05) is 31.7 Å². The van der Waals surface area contributed by atoms with Gasteiger partial charge < -0.3 is 14.5 Å². The molecular weight excluding hydrogens is 398 g/mol. The molecular formula is C19H18ClN5O2S. The van der Waals surface area contributed by atoms with Gasteiger partial charge in [-0.15, -0.1) is 11.3 Å². The Hall–Kier alpha value is -2.71. The van der Waals surface area contributed by atoms with Gasteiger partial charge in [0.05, 0.1) is 30.7 Å². The third kappa shape index (κ3) is 3.79. The zero-order valence-electron chi connectivity index (χ0n) is 15.2. The molecule has 0 saturated carbocycles. The molecule has 3 aromatic rings. The third-order valence-electron chi connectivity index (χ3n) is 4.52. The number of aromatic nitrogens is 3. The second-order valence-corrected chi connectivity index (χ2v) is 7.65. The summed E-state index contributed by atoms with van der Waals surface area (Å²) in [6.07, 6.45) is 4.91. The smallest absolute Gasteiger partial charge is 0.265 e. The molecule has 9 heteroatoms. The molecule has 1 saturated heterocycles. The number of benzene rings is 1. The molecule has 0 spiro atoms. The summed E-state index contributed by atoms with van der Waals surface area (Å²) in [5, 5.41) is 1.38. The normalized spacial score (nSPS) is 14.2. The van der Waals surface area contributed by atoms with Crippen molar-refractivity contribution in [3.63, 3.8) is 0 Å². The van der Waals surface area contributed by atoms with Crippen LogP contribution in [0.15, 0.2) is 42.9 Å². The zero-order chi connectivity index (χ0) is 19.5. The standard InChI is InChI=1S/C19H18ClN5O2S/c1-27-17-12-21-11-16(23-17)24-6-8-25(9-7-24)19(26)15-10-22-18(28-15)13-4-2-3-5-14(13)20/h2-5,10-12H,6-9H2,1H3. The summed E-state index contributed by atoms with van der Waals surface area (Å²) in [5.41, 5.74) is 0.842. The van der Waals surface area contributed by atoms with Crippen LogP contribution < -0.4 is 9.64 Å². The van der Waals surface area contributed by atoms with Gasteiger partial charge in [-0.1, -0.05) is 29.8 Å². The van der Waals surface area contributed by atoms with Crippen molar-refractivity contribution in [1.29, 1.82) is 0 Å². The number of rotatable bonds is 4. The predicted molar refractivity (Wildman–Crippen MR) is 109 cm³/mol. The van der Waals surface area contributed by atoms with Crippen LogP contribution in [0.3, 0.4) is 0 Å². The minimum Gasteiger partial charge on any atom is -0.480 e. The van der Waals surface area contributed by atoms with E-state index >= 15 is 0 Å². The largest absolute Gasteiger partial charge is 0.480 e. The molecule has 7 nitrogen and oxygen atoms in total. The first-order valence-corrected chi connectivity index (χ1v) is 9.96. The number of anilines is 1. The molecule has 2 aromatic heterocycles. The molecule has 0 atom stereocenters. The lowest BCUT2D eigenvalue weighted by atomic mass is 10.2. The van der Waals surface area contributed by atoms with Crippen LogP contribution in [0.2, 0.25) is 5.02 Å². The van der Waals surface area contributed by atoms with E-state index in [9.17, 15) is 4.79 Å². The number of piperazine rings is 1. The maximum atomic E-state index is 12.9. The van der Waals surface area contributed by atoms with Crippen LogP contribution in [0, 0.1) is 0 Å². The number of ether oxygens (including phenoxy) is 1. The highest BCUT2D eigenvalue weighted by molar-refractivity contribution is 7.17. The van der Waals surface area contributed by atoms with Crippen molar-refractivity contribution in [2.24, 2.45) is 0 Å². The van der Waals surface area contributed by atoms with Gasteiger partial charge in [0.25, 0.3) is 5.91 Å². The van der Waals surface area contributed by atoms with Gasteiger partial charge in [-0.25, -0.2) is 4.98 Å². The molecule has 1 aromatic carbocycles. The number of halogens is 1. The minimum absolute atomic E-state index is 0.00724. The van der Waals surface area contributed by atoms with Crippen LogP contribution >= 0.6 is 22.9 Å². The van der Waals surface area contributed by atoms with Crippen LogP contribution in [0.4, 0.5) is 5.82 Å². The fourth-order valence-electron chi connectivity index (χ4n) is 3.02. The van der Waals surface area contributed by atoms with E-state index in [2.05, 4.69) is 19.9 Å². The van der Waals surface area contributed by atoms with E-state index in [1.807, 2.05) is 29.2 Å². The SMILES string of the molecule is COc1cncc(N2CCN(C(=O)c3cnc(-c4ccccc4Cl)s3)CC2)n1. The second kappa shape index (κ2) is 8.12. The third-order valence-corrected chi connectivity index (χ3v) is 5.87. The average molecular weight is 416 g/mol. The van der Waals surface area contributed by atoms with Crippen molar-refractivity contribution in [2.75, 3.05) is 38.2 Å². The first-order chi connectivity index (χ1) is 13.7. The topological polar surface area (TPSA) is 71.5 Å². The summed E-state index contributed by atoms with van der Waals surface area (Å²) < 4.78 is 5.13. The van der Waals surface area contributed by atoms with Crippen molar-refractivity contribution in [3.05, 3.63) is 52.8 Å². The Balaban J connectivity index is 1.42. The average Bonchev–Trinajstić information content (AvgIpc) is 3.24. The number of amides is 1. The highest BCUT2D eigenvalue weighted by Gasteiger charge is 2.25. The van der Waals surface area contributed by atoms with Gasteiger partial charge in [-0.2, -0.15) is 4.98 Å². The second-order valence-electron chi connectivity index (χ2n) is 6.21. The molecule has 1 aliphatic rings. The Morgan fingerprint density at radius 2 is 1.93 bits per heavy atom. The van der Waals surface area contributed by atoms with Crippen LogP contribution in [0.1, 0.15) is 9.67 Å². The highest BCUT2D eigenvalue weighted by atomic mass is 35.5. The van der Waals surface area contributed by atoms with Gasteiger partial charge in [-0.05, 0) is 6.07 Å². The molecule has 0 radical (unpaired) electrons. The molecule has 28 heavy (non-hydrogen) atoms. The lowest BCUT2D eigenvalue weighted by molar-refractivity contribution is 0.0751. The number of carbonyl (C=O) groups excluding carboxylic acids is 1. The summed E-state index contributed by atoms with van der Waals surface area (Å²) in [5.74, 6) is 1.23. The Bertz CT molecular complexity index is 988. The van der Waals surface area contributed by atoms with Gasteiger partial charge in [0.1, 0.15) is 9.88 Å². The zero-order valence-corrected chi connectivity index (χ0v) is 16.8. The lowest BCUT2D eigenvalue weighted by Crippen LogP contribution is -2.48. The van der Waals surface area contributed by atoms with E-state index in [0.29, 0.717) is 42.0 Å². The summed E-state index contributed by atoms with van der Waals surface area (Å²) in [6.45, 7) is 2.58. The van der Waals surface area contributed by atoms with E-state index in [-0.39, 0.29) is 5.91 Å². The monoisotopic (exact) mass is 415 g/mol. The highest BCUT2D eigenvalue weighted by Crippen LogP contribution is 2.31. The molecule has 0 aliphatic carbocycles. The Labute approximate surface area is 171 Å². The fourth-order valence-corrected chi connectivity index (χ4v) is 4.22. The fraction of sp³-hybridized carbons (Fsp3) is 0.263. The number of hydrogen-bond donors (Lipinski definition) is 0. The maximum absolute atomic E-state index is 12.9. The first-order valence-electron chi connectivity index (χ1n) is 8.76. The molecule has 1 amide bonds. The number of nitrogens with zero attached hydrogens (tertiary/aromatic N) is 5. The number of thiazole rings is 1. The van der Waals surface area contributed by atoms with E-state index < -0.39 is 0 Å². The Morgan fingerprint density at radius 3 is 2.68 bits per heavy atom. The number of carbonyl (C=O) groups is 1. The van der Waals surface area contributed by atoms with Crippen molar-refractivity contribution in [2.45, 2.75) is 0 Å². The first kappa shape index (κ1) is 18.6. The van der Waals surface area contributed by atoms with Gasteiger partial charge >= 0.3 is 0 Å². The molecule has 3 heterocycles.